The quantitative estimate of drug-likeness (QED) is 0.463. The van der Waals surface area contributed by atoms with Crippen LogP contribution in [0, 0.1) is 21.7 Å². The predicted molar refractivity (Wildman–Crippen MR) is 80.6 cm³/mol. The molecule has 0 unspecified atom stereocenters. The van der Waals surface area contributed by atoms with Gasteiger partial charge in [-0.3, -0.25) is 0 Å². The van der Waals surface area contributed by atoms with Crippen LogP contribution in [0.25, 0.3) is 0 Å². The molecule has 0 saturated heterocycles. The van der Waals surface area contributed by atoms with Crippen molar-refractivity contribution in [3.63, 3.8) is 0 Å². The lowest BCUT2D eigenvalue weighted by Crippen LogP contribution is -2.28. The summed E-state index contributed by atoms with van der Waals surface area (Å²) in [5, 5.41) is 0. The van der Waals surface area contributed by atoms with Gasteiger partial charge in [-0.05, 0) is 47.3 Å². The van der Waals surface area contributed by atoms with Crippen LogP contribution in [0.5, 0.6) is 0 Å². The van der Waals surface area contributed by atoms with Crippen molar-refractivity contribution in [3.05, 3.63) is 11.1 Å². The fraction of sp³-hybridized carbons (Fsp3) is 0.889. The van der Waals surface area contributed by atoms with Crippen molar-refractivity contribution in [2.75, 3.05) is 0 Å². The van der Waals surface area contributed by atoms with E-state index >= 15 is 0 Å². The maximum atomic E-state index is 2.47. The molecule has 0 amide bonds. The van der Waals surface area contributed by atoms with Gasteiger partial charge in [0.1, 0.15) is 0 Å². The summed E-state index contributed by atoms with van der Waals surface area (Å²) in [5.41, 5.74) is 5.19. The Morgan fingerprint density at radius 2 is 0.611 bits per heavy atom. The molecule has 0 heterocycles. The molecule has 2 aliphatic carbocycles. The average molecular weight is 248 g/mol. The Kier molecular flexibility index (Phi) is 2.87. The highest BCUT2D eigenvalue weighted by molar-refractivity contribution is 5.39. The van der Waals surface area contributed by atoms with Gasteiger partial charge in [0.2, 0.25) is 0 Å². The second kappa shape index (κ2) is 3.64. The molecule has 0 heteroatoms. The van der Waals surface area contributed by atoms with E-state index in [9.17, 15) is 0 Å². The molecule has 0 radical (unpaired) electrons. The minimum Gasteiger partial charge on any atom is -0.0586 e. The van der Waals surface area contributed by atoms with Gasteiger partial charge in [0.25, 0.3) is 0 Å². The second-order valence-corrected chi connectivity index (χ2v) is 9.29. The minimum atomic E-state index is 0.401. The van der Waals surface area contributed by atoms with E-state index in [1.54, 1.807) is 11.1 Å². The molecule has 104 valence electrons. The fourth-order valence-electron chi connectivity index (χ4n) is 4.94. The Labute approximate surface area is 114 Å². The van der Waals surface area contributed by atoms with E-state index < -0.39 is 0 Å². The molecular formula is C18H32. The molecular weight excluding hydrogens is 216 g/mol. The molecule has 0 atom stereocenters. The van der Waals surface area contributed by atoms with Crippen molar-refractivity contribution in [3.8, 4) is 0 Å². The lowest BCUT2D eigenvalue weighted by atomic mass is 9.65. The van der Waals surface area contributed by atoms with Crippen molar-refractivity contribution < 1.29 is 0 Å². The molecule has 2 fully saturated rings. The first-order chi connectivity index (χ1) is 7.90. The number of hydrogen-bond acceptors (Lipinski definition) is 0. The summed E-state index contributed by atoms with van der Waals surface area (Å²) in [6.07, 6.45) is 5.41. The van der Waals surface area contributed by atoms with Crippen molar-refractivity contribution >= 4 is 0 Å². The third-order valence-electron chi connectivity index (χ3n) is 5.71. The molecule has 0 spiro atoms. The summed E-state index contributed by atoms with van der Waals surface area (Å²) in [6.45, 7) is 19.7. The first-order valence-corrected chi connectivity index (χ1v) is 7.66. The smallest absolute Gasteiger partial charge is 0.0136 e. The number of hydrogen-bond donors (Lipinski definition) is 0. The Hall–Kier alpha value is -0.260. The molecule has 2 rings (SSSR count). The highest BCUT2D eigenvalue weighted by Crippen LogP contribution is 2.63. The van der Waals surface area contributed by atoms with E-state index in [0.29, 0.717) is 21.7 Å². The summed E-state index contributed by atoms with van der Waals surface area (Å²) in [6, 6.07) is 0. The van der Waals surface area contributed by atoms with Crippen LogP contribution in [0.2, 0.25) is 0 Å². The summed E-state index contributed by atoms with van der Waals surface area (Å²) in [5.74, 6) is 0. The van der Waals surface area contributed by atoms with Crippen molar-refractivity contribution in [1.29, 1.82) is 0 Å². The molecule has 2 aliphatic rings. The highest BCUT2D eigenvalue weighted by Gasteiger charge is 2.51. The van der Waals surface area contributed by atoms with Crippen LogP contribution < -0.4 is 0 Å². The average Bonchev–Trinajstić information content (AvgIpc) is 2.49. The lowest BCUT2D eigenvalue weighted by molar-refractivity contribution is 0.363. The minimum absolute atomic E-state index is 0.401. The maximum absolute atomic E-state index is 2.47. The number of allylic oxidation sites excluding steroid dienone is 2. The van der Waals surface area contributed by atoms with Gasteiger partial charge in [0.05, 0.1) is 0 Å². The zero-order chi connectivity index (χ0) is 14.0. The summed E-state index contributed by atoms with van der Waals surface area (Å²) >= 11 is 0. The van der Waals surface area contributed by atoms with Gasteiger partial charge in [0, 0.05) is 0 Å². The molecule has 0 nitrogen and oxygen atoms in total. The van der Waals surface area contributed by atoms with E-state index in [-0.39, 0.29) is 0 Å². The van der Waals surface area contributed by atoms with Crippen LogP contribution in [0.1, 0.15) is 81.1 Å². The van der Waals surface area contributed by atoms with Crippen LogP contribution in [-0.2, 0) is 0 Å². The SMILES string of the molecule is CC1(C)CCC(C)(C)C1=C1C(C)(C)CCC1(C)C. The van der Waals surface area contributed by atoms with Crippen LogP contribution in [-0.4, -0.2) is 0 Å². The second-order valence-electron chi connectivity index (χ2n) is 9.29. The zero-order valence-electron chi connectivity index (χ0n) is 13.8. The first kappa shape index (κ1) is 14.2. The van der Waals surface area contributed by atoms with Gasteiger partial charge >= 0.3 is 0 Å². The van der Waals surface area contributed by atoms with Gasteiger partial charge in [-0.2, -0.15) is 0 Å². The molecule has 0 bridgehead atoms. The Balaban J connectivity index is 2.71. The van der Waals surface area contributed by atoms with E-state index in [1.807, 2.05) is 0 Å². The summed E-state index contributed by atoms with van der Waals surface area (Å²) in [7, 11) is 0. The van der Waals surface area contributed by atoms with Gasteiger partial charge < -0.3 is 0 Å². The third-order valence-corrected chi connectivity index (χ3v) is 5.71. The number of rotatable bonds is 0. The Morgan fingerprint density at radius 1 is 0.444 bits per heavy atom. The highest BCUT2D eigenvalue weighted by atomic mass is 14.6. The van der Waals surface area contributed by atoms with Crippen LogP contribution in [0.3, 0.4) is 0 Å². The molecule has 2 saturated carbocycles. The largest absolute Gasteiger partial charge is 0.0586 e. The maximum Gasteiger partial charge on any atom is -0.0136 e. The molecule has 0 N–H and O–H groups in total. The van der Waals surface area contributed by atoms with E-state index in [1.165, 1.54) is 25.7 Å². The van der Waals surface area contributed by atoms with Crippen LogP contribution >= 0.6 is 0 Å². The Morgan fingerprint density at radius 3 is 0.778 bits per heavy atom. The van der Waals surface area contributed by atoms with E-state index in [0.717, 1.165) is 0 Å². The van der Waals surface area contributed by atoms with Crippen molar-refractivity contribution in [2.45, 2.75) is 81.1 Å². The van der Waals surface area contributed by atoms with Crippen molar-refractivity contribution in [1.82, 2.24) is 0 Å². The first-order valence-electron chi connectivity index (χ1n) is 7.66. The molecule has 0 aliphatic heterocycles. The molecule has 0 aromatic rings. The van der Waals surface area contributed by atoms with Crippen LogP contribution in [0.4, 0.5) is 0 Å². The van der Waals surface area contributed by atoms with Gasteiger partial charge in [-0.25, -0.2) is 0 Å². The Bertz CT molecular complexity index is 314. The molecule has 0 aromatic heterocycles. The van der Waals surface area contributed by atoms with Crippen LogP contribution in [0.15, 0.2) is 11.1 Å². The van der Waals surface area contributed by atoms with Crippen molar-refractivity contribution in [2.24, 2.45) is 21.7 Å². The van der Waals surface area contributed by atoms with E-state index in [4.69, 9.17) is 0 Å². The fourth-order valence-corrected chi connectivity index (χ4v) is 4.94. The zero-order valence-corrected chi connectivity index (χ0v) is 13.8. The van der Waals surface area contributed by atoms with Gasteiger partial charge in [0.15, 0.2) is 0 Å². The van der Waals surface area contributed by atoms with Gasteiger partial charge in [-0.1, -0.05) is 66.5 Å². The third kappa shape index (κ3) is 1.96. The summed E-state index contributed by atoms with van der Waals surface area (Å²) < 4.78 is 0. The van der Waals surface area contributed by atoms with E-state index in [2.05, 4.69) is 55.4 Å². The lowest BCUT2D eigenvalue weighted by Gasteiger charge is -2.39. The molecule has 0 aromatic carbocycles. The normalized spacial score (nSPS) is 32.0. The standard InChI is InChI=1S/C18H32/c1-15(2)9-10-16(3,4)13(15)14-17(5,6)11-12-18(14,7)8/h9-12H2,1-8H3. The van der Waals surface area contributed by atoms with Gasteiger partial charge in [-0.15, -0.1) is 0 Å². The predicted octanol–water partition coefficient (Wildman–Crippen LogP) is 5.98. The summed E-state index contributed by atoms with van der Waals surface area (Å²) in [4.78, 5) is 0. The topological polar surface area (TPSA) is 0 Å². The monoisotopic (exact) mass is 248 g/mol. The molecule has 18 heavy (non-hydrogen) atoms.